The lowest BCUT2D eigenvalue weighted by molar-refractivity contribution is 0.129. The van der Waals surface area contributed by atoms with Gasteiger partial charge in [0.25, 0.3) is 0 Å². The molecule has 0 radical (unpaired) electrons. The highest BCUT2D eigenvalue weighted by atomic mass is 35.5. The second-order valence-electron chi connectivity index (χ2n) is 7.46. The Balaban J connectivity index is 1.36. The first-order chi connectivity index (χ1) is 14.6. The first kappa shape index (κ1) is 20.6. The lowest BCUT2D eigenvalue weighted by atomic mass is 9.96. The number of benzene rings is 1. The highest BCUT2D eigenvalue weighted by Crippen LogP contribution is 2.26. The van der Waals surface area contributed by atoms with E-state index in [-0.39, 0.29) is 0 Å². The van der Waals surface area contributed by atoms with E-state index in [9.17, 15) is 9.90 Å². The number of piperidine rings is 1. The van der Waals surface area contributed by atoms with Crippen molar-refractivity contribution < 1.29 is 9.90 Å². The minimum absolute atomic E-state index is 0.343. The zero-order valence-electron chi connectivity index (χ0n) is 16.4. The second kappa shape index (κ2) is 9.45. The van der Waals surface area contributed by atoms with Gasteiger partial charge in [-0.25, -0.2) is 14.8 Å². The molecule has 0 atom stereocenters. The number of nitrogens with zero attached hydrogens (tertiary/aromatic N) is 4. The molecule has 6 nitrogen and oxygen atoms in total. The molecule has 1 aliphatic rings. The molecule has 3 heterocycles. The summed E-state index contributed by atoms with van der Waals surface area (Å²) in [7, 11) is 0. The molecule has 30 heavy (non-hydrogen) atoms. The fraction of sp³-hybridized carbons (Fsp3) is 0.318. The standard InChI is InChI=1S/C22H23ClN4O2S/c23-18-6-4-17(5-7-18)20-2-1-3-21(25-20)26-10-8-16(9-11-26)12-27(22(28)29)13-19-14-30-15-24-19/h1-7,14-16H,8-13H2,(H,28,29). The van der Waals surface area contributed by atoms with Crippen LogP contribution >= 0.6 is 22.9 Å². The van der Waals surface area contributed by atoms with E-state index < -0.39 is 6.09 Å². The quantitative estimate of drug-likeness (QED) is 0.564. The van der Waals surface area contributed by atoms with Gasteiger partial charge >= 0.3 is 6.09 Å². The third-order valence-electron chi connectivity index (χ3n) is 5.40. The number of pyridine rings is 1. The Kier molecular flexibility index (Phi) is 6.50. The number of carboxylic acid groups (broad SMARTS) is 1. The number of amides is 1. The van der Waals surface area contributed by atoms with E-state index in [0.29, 0.717) is 24.0 Å². The van der Waals surface area contributed by atoms with Crippen molar-refractivity contribution >= 4 is 34.8 Å². The molecule has 0 spiro atoms. The number of carbonyl (C=O) groups is 1. The summed E-state index contributed by atoms with van der Waals surface area (Å²) in [4.78, 5) is 24.5. The summed E-state index contributed by atoms with van der Waals surface area (Å²) in [5.74, 6) is 1.30. The first-order valence-corrected chi connectivity index (χ1v) is 11.2. The van der Waals surface area contributed by atoms with Gasteiger partial charge in [-0.1, -0.05) is 29.8 Å². The molecule has 1 aromatic carbocycles. The number of rotatable bonds is 6. The number of hydrogen-bond acceptors (Lipinski definition) is 5. The average Bonchev–Trinajstić information content (AvgIpc) is 3.28. The molecular weight excluding hydrogens is 420 g/mol. The molecule has 0 unspecified atom stereocenters. The summed E-state index contributed by atoms with van der Waals surface area (Å²) < 4.78 is 0. The maximum atomic E-state index is 11.7. The number of thiazole rings is 1. The van der Waals surface area contributed by atoms with E-state index in [2.05, 4.69) is 9.88 Å². The monoisotopic (exact) mass is 442 g/mol. The van der Waals surface area contributed by atoms with Crippen LogP contribution in [0.3, 0.4) is 0 Å². The van der Waals surface area contributed by atoms with Gasteiger partial charge in [0.2, 0.25) is 0 Å². The van der Waals surface area contributed by atoms with Gasteiger partial charge in [-0.3, -0.25) is 0 Å². The molecule has 0 saturated carbocycles. The topological polar surface area (TPSA) is 69.6 Å². The van der Waals surface area contributed by atoms with Gasteiger partial charge in [-0.15, -0.1) is 11.3 Å². The summed E-state index contributed by atoms with van der Waals surface area (Å²) in [5.41, 5.74) is 4.50. The van der Waals surface area contributed by atoms with Gasteiger partial charge in [-0.05, 0) is 43.0 Å². The fourth-order valence-electron chi connectivity index (χ4n) is 3.76. The predicted molar refractivity (Wildman–Crippen MR) is 120 cm³/mol. The lowest BCUT2D eigenvalue weighted by Crippen LogP contribution is -2.40. The first-order valence-electron chi connectivity index (χ1n) is 9.91. The average molecular weight is 443 g/mol. The highest BCUT2D eigenvalue weighted by molar-refractivity contribution is 7.07. The largest absolute Gasteiger partial charge is 0.465 e. The summed E-state index contributed by atoms with van der Waals surface area (Å²) in [6.07, 6.45) is 0.990. The van der Waals surface area contributed by atoms with E-state index in [4.69, 9.17) is 16.6 Å². The second-order valence-corrected chi connectivity index (χ2v) is 8.62. The van der Waals surface area contributed by atoms with Crippen molar-refractivity contribution in [2.45, 2.75) is 19.4 Å². The van der Waals surface area contributed by atoms with Gasteiger partial charge < -0.3 is 14.9 Å². The van der Waals surface area contributed by atoms with Crippen LogP contribution < -0.4 is 4.90 Å². The minimum Gasteiger partial charge on any atom is -0.465 e. The third kappa shape index (κ3) is 5.09. The molecule has 3 aromatic rings. The number of anilines is 1. The minimum atomic E-state index is -0.886. The predicted octanol–water partition coefficient (Wildman–Crippen LogP) is 5.26. The Labute approximate surface area is 184 Å². The Morgan fingerprint density at radius 2 is 1.97 bits per heavy atom. The Hall–Kier alpha value is -2.64. The van der Waals surface area contributed by atoms with Crippen molar-refractivity contribution in [2.75, 3.05) is 24.5 Å². The molecule has 0 bridgehead atoms. The van der Waals surface area contributed by atoms with Crippen LogP contribution in [-0.2, 0) is 6.54 Å². The maximum absolute atomic E-state index is 11.7. The van der Waals surface area contributed by atoms with Crippen molar-refractivity contribution in [1.29, 1.82) is 0 Å². The molecule has 0 aliphatic carbocycles. The van der Waals surface area contributed by atoms with Crippen LogP contribution in [0.25, 0.3) is 11.3 Å². The van der Waals surface area contributed by atoms with E-state index in [1.165, 1.54) is 16.2 Å². The summed E-state index contributed by atoms with van der Waals surface area (Å²) in [6, 6.07) is 13.8. The third-order valence-corrected chi connectivity index (χ3v) is 6.29. The van der Waals surface area contributed by atoms with E-state index in [1.807, 2.05) is 47.8 Å². The van der Waals surface area contributed by atoms with Crippen LogP contribution in [0.1, 0.15) is 18.5 Å². The summed E-state index contributed by atoms with van der Waals surface area (Å²) in [5, 5.41) is 12.2. The number of halogens is 1. The Bertz CT molecular complexity index is 973. The molecule has 1 amide bonds. The molecule has 1 aliphatic heterocycles. The normalized spacial score (nSPS) is 14.6. The Morgan fingerprint density at radius 3 is 2.63 bits per heavy atom. The SMILES string of the molecule is O=C(O)N(Cc1cscn1)CC1CCN(c2cccc(-c3ccc(Cl)cc3)n2)CC1. The van der Waals surface area contributed by atoms with Crippen molar-refractivity contribution in [3.05, 3.63) is 64.1 Å². The lowest BCUT2D eigenvalue weighted by Gasteiger charge is -2.34. The van der Waals surface area contributed by atoms with Gasteiger partial charge in [0.1, 0.15) is 5.82 Å². The van der Waals surface area contributed by atoms with Crippen molar-refractivity contribution in [3.8, 4) is 11.3 Å². The van der Waals surface area contributed by atoms with Gasteiger partial charge in [0.15, 0.2) is 0 Å². The molecule has 2 aromatic heterocycles. The summed E-state index contributed by atoms with van der Waals surface area (Å²) in [6.45, 7) is 2.63. The van der Waals surface area contributed by atoms with E-state index in [0.717, 1.165) is 48.7 Å². The van der Waals surface area contributed by atoms with Gasteiger partial charge in [0.05, 0.1) is 23.4 Å². The zero-order chi connectivity index (χ0) is 20.9. The molecule has 1 saturated heterocycles. The molecule has 4 rings (SSSR count). The van der Waals surface area contributed by atoms with Crippen LogP contribution in [-0.4, -0.2) is 45.7 Å². The van der Waals surface area contributed by atoms with Crippen molar-refractivity contribution in [3.63, 3.8) is 0 Å². The molecule has 156 valence electrons. The van der Waals surface area contributed by atoms with E-state index in [1.54, 1.807) is 5.51 Å². The zero-order valence-corrected chi connectivity index (χ0v) is 18.0. The highest BCUT2D eigenvalue weighted by Gasteiger charge is 2.24. The van der Waals surface area contributed by atoms with Crippen LogP contribution in [0.4, 0.5) is 10.6 Å². The Morgan fingerprint density at radius 1 is 1.20 bits per heavy atom. The van der Waals surface area contributed by atoms with Gasteiger partial charge in [-0.2, -0.15) is 0 Å². The van der Waals surface area contributed by atoms with Gasteiger partial charge in [0, 0.05) is 35.6 Å². The van der Waals surface area contributed by atoms with Crippen LogP contribution in [0.5, 0.6) is 0 Å². The number of aromatic nitrogens is 2. The van der Waals surface area contributed by atoms with Crippen LogP contribution in [0, 0.1) is 5.92 Å². The van der Waals surface area contributed by atoms with Crippen LogP contribution in [0.15, 0.2) is 53.4 Å². The van der Waals surface area contributed by atoms with Crippen LogP contribution in [0.2, 0.25) is 5.02 Å². The number of hydrogen-bond donors (Lipinski definition) is 1. The van der Waals surface area contributed by atoms with Crippen molar-refractivity contribution in [1.82, 2.24) is 14.9 Å². The molecule has 1 fully saturated rings. The maximum Gasteiger partial charge on any atom is 0.407 e. The molecular formula is C22H23ClN4O2S. The fourth-order valence-corrected chi connectivity index (χ4v) is 4.43. The molecule has 8 heteroatoms. The summed E-state index contributed by atoms with van der Waals surface area (Å²) >= 11 is 7.48. The van der Waals surface area contributed by atoms with Crippen molar-refractivity contribution in [2.24, 2.45) is 5.92 Å². The van der Waals surface area contributed by atoms with E-state index >= 15 is 0 Å². The molecule has 1 N–H and O–H groups in total. The smallest absolute Gasteiger partial charge is 0.407 e.